The highest BCUT2D eigenvalue weighted by molar-refractivity contribution is 7.15. The number of nitrogens with zero attached hydrogens (tertiary/aromatic N) is 4. The minimum Gasteiger partial charge on any atom is -0.354 e. The van der Waals surface area contributed by atoms with Gasteiger partial charge >= 0.3 is 0 Å². The lowest BCUT2D eigenvalue weighted by Gasteiger charge is -2.18. The summed E-state index contributed by atoms with van der Waals surface area (Å²) in [6.07, 6.45) is 0.907. The van der Waals surface area contributed by atoms with Crippen LogP contribution in [0.15, 0.2) is 35.3 Å². The zero-order valence-corrected chi connectivity index (χ0v) is 18.9. The molecule has 0 amide bonds. The van der Waals surface area contributed by atoms with Gasteiger partial charge in [-0.05, 0) is 39.7 Å². The van der Waals surface area contributed by atoms with Gasteiger partial charge in [0.1, 0.15) is 5.01 Å². The van der Waals surface area contributed by atoms with Crippen LogP contribution >= 0.6 is 11.3 Å². The maximum absolute atomic E-state index is 4.73. The van der Waals surface area contributed by atoms with Crippen LogP contribution in [-0.4, -0.2) is 33.8 Å². The molecule has 1 atom stereocenters. The first-order valence-corrected chi connectivity index (χ1v) is 10.7. The quantitative estimate of drug-likeness (QED) is 0.480. The third kappa shape index (κ3) is 5.03. The average molecular weight is 411 g/mol. The molecule has 0 bridgehead atoms. The summed E-state index contributed by atoms with van der Waals surface area (Å²) in [6, 6.07) is 10.6. The number of rotatable bonds is 6. The molecule has 154 valence electrons. The Balaban J connectivity index is 1.60. The number of benzene rings is 1. The second-order valence-electron chi connectivity index (χ2n) is 7.34. The van der Waals surface area contributed by atoms with Gasteiger partial charge in [-0.3, -0.25) is 9.67 Å². The molecule has 0 fully saturated rings. The molecular weight excluding hydrogens is 380 g/mol. The van der Waals surface area contributed by atoms with E-state index in [1.54, 1.807) is 18.4 Å². The van der Waals surface area contributed by atoms with Crippen molar-refractivity contribution in [2.24, 2.45) is 12.0 Å². The van der Waals surface area contributed by atoms with Crippen LogP contribution in [0.4, 0.5) is 0 Å². The average Bonchev–Trinajstić information content (AvgIpc) is 3.20. The van der Waals surface area contributed by atoms with Gasteiger partial charge in [0.2, 0.25) is 0 Å². The maximum Gasteiger partial charge on any atom is 0.191 e. The first kappa shape index (κ1) is 21.0. The second kappa shape index (κ2) is 9.22. The summed E-state index contributed by atoms with van der Waals surface area (Å²) in [6.45, 7) is 9.12. The molecule has 1 unspecified atom stereocenters. The van der Waals surface area contributed by atoms with Crippen LogP contribution in [0.25, 0.3) is 10.6 Å². The Bertz CT molecular complexity index is 986. The Kier molecular flexibility index (Phi) is 6.69. The van der Waals surface area contributed by atoms with Gasteiger partial charge in [-0.25, -0.2) is 4.98 Å². The van der Waals surface area contributed by atoms with Crippen LogP contribution in [0.2, 0.25) is 0 Å². The van der Waals surface area contributed by atoms with Gasteiger partial charge in [-0.1, -0.05) is 30.3 Å². The van der Waals surface area contributed by atoms with Gasteiger partial charge < -0.3 is 10.6 Å². The monoisotopic (exact) mass is 410 g/mol. The number of hydrogen-bond acceptors (Lipinski definition) is 4. The van der Waals surface area contributed by atoms with Crippen molar-refractivity contribution in [1.82, 2.24) is 25.4 Å². The summed E-state index contributed by atoms with van der Waals surface area (Å²) in [5.74, 6) is 0.797. The van der Waals surface area contributed by atoms with E-state index >= 15 is 0 Å². The Labute approximate surface area is 177 Å². The molecule has 0 spiro atoms. The molecule has 3 aromatic rings. The molecule has 2 aromatic heterocycles. The first-order valence-electron chi connectivity index (χ1n) is 9.87. The molecule has 6 nitrogen and oxygen atoms in total. The SMILES string of the molecule is CN=C(NCc1sc(-c2ccccc2)nc1C)NC(C)Cc1c(C)nn(C)c1C. The van der Waals surface area contributed by atoms with Crippen LogP contribution in [0, 0.1) is 20.8 Å². The van der Waals surface area contributed by atoms with E-state index in [-0.39, 0.29) is 6.04 Å². The Hall–Kier alpha value is -2.67. The molecule has 0 aliphatic heterocycles. The highest BCUT2D eigenvalue weighted by Gasteiger charge is 2.15. The molecule has 0 aliphatic rings. The summed E-state index contributed by atoms with van der Waals surface area (Å²) in [5.41, 5.74) is 5.83. The fraction of sp³-hybridized carbons (Fsp3) is 0.409. The van der Waals surface area contributed by atoms with E-state index in [0.29, 0.717) is 6.54 Å². The number of thiazole rings is 1. The molecule has 2 N–H and O–H groups in total. The van der Waals surface area contributed by atoms with E-state index in [1.807, 2.05) is 29.9 Å². The minimum absolute atomic E-state index is 0.241. The van der Waals surface area contributed by atoms with Crippen molar-refractivity contribution in [1.29, 1.82) is 0 Å². The van der Waals surface area contributed by atoms with Crippen molar-refractivity contribution in [3.8, 4) is 10.6 Å². The summed E-state index contributed by atoms with van der Waals surface area (Å²) in [4.78, 5) is 10.3. The Morgan fingerprint density at radius 2 is 1.90 bits per heavy atom. The van der Waals surface area contributed by atoms with Crippen molar-refractivity contribution in [3.63, 3.8) is 0 Å². The zero-order chi connectivity index (χ0) is 21.0. The molecule has 0 saturated heterocycles. The van der Waals surface area contributed by atoms with Crippen molar-refractivity contribution < 1.29 is 0 Å². The smallest absolute Gasteiger partial charge is 0.191 e. The molecule has 2 heterocycles. The third-order valence-electron chi connectivity index (χ3n) is 5.11. The van der Waals surface area contributed by atoms with Crippen LogP contribution in [0.3, 0.4) is 0 Å². The lowest BCUT2D eigenvalue weighted by Crippen LogP contribution is -2.42. The summed E-state index contributed by atoms with van der Waals surface area (Å²) in [5, 5.41) is 12.5. The van der Waals surface area contributed by atoms with Gasteiger partial charge in [0.15, 0.2) is 5.96 Å². The van der Waals surface area contributed by atoms with Crippen LogP contribution in [0.5, 0.6) is 0 Å². The minimum atomic E-state index is 0.241. The molecule has 0 aliphatic carbocycles. The van der Waals surface area contributed by atoms with Crippen LogP contribution < -0.4 is 10.6 Å². The number of guanidine groups is 1. The Morgan fingerprint density at radius 3 is 2.52 bits per heavy atom. The molecule has 0 radical (unpaired) electrons. The van der Waals surface area contributed by atoms with E-state index in [9.17, 15) is 0 Å². The first-order chi connectivity index (χ1) is 13.9. The van der Waals surface area contributed by atoms with E-state index in [1.165, 1.54) is 16.1 Å². The molecule has 29 heavy (non-hydrogen) atoms. The highest BCUT2D eigenvalue weighted by Crippen LogP contribution is 2.27. The van der Waals surface area contributed by atoms with Gasteiger partial charge in [0.05, 0.1) is 17.9 Å². The predicted octanol–water partition coefficient (Wildman–Crippen LogP) is 3.77. The number of aryl methyl sites for hydroxylation is 3. The summed E-state index contributed by atoms with van der Waals surface area (Å²) in [7, 11) is 3.79. The number of hydrogen-bond donors (Lipinski definition) is 2. The van der Waals surface area contributed by atoms with E-state index in [2.05, 4.69) is 60.6 Å². The molecule has 1 aromatic carbocycles. The molecule has 0 saturated carbocycles. The van der Waals surface area contributed by atoms with E-state index < -0.39 is 0 Å². The Morgan fingerprint density at radius 1 is 1.17 bits per heavy atom. The van der Waals surface area contributed by atoms with Gasteiger partial charge in [-0.15, -0.1) is 11.3 Å². The van der Waals surface area contributed by atoms with Gasteiger partial charge in [0.25, 0.3) is 0 Å². The highest BCUT2D eigenvalue weighted by atomic mass is 32.1. The van der Waals surface area contributed by atoms with Crippen molar-refractivity contribution in [2.75, 3.05) is 7.05 Å². The van der Waals surface area contributed by atoms with E-state index in [4.69, 9.17) is 4.98 Å². The molecule has 7 heteroatoms. The number of nitrogens with one attached hydrogen (secondary N) is 2. The topological polar surface area (TPSA) is 67.1 Å². The van der Waals surface area contributed by atoms with Gasteiger partial charge in [-0.2, -0.15) is 5.10 Å². The zero-order valence-electron chi connectivity index (χ0n) is 18.1. The van der Waals surface area contributed by atoms with Crippen LogP contribution in [0.1, 0.15) is 34.4 Å². The van der Waals surface area contributed by atoms with Gasteiger partial charge in [0, 0.05) is 36.3 Å². The predicted molar refractivity (Wildman–Crippen MR) is 121 cm³/mol. The molecular formula is C22H30N6S. The summed E-state index contributed by atoms with van der Waals surface area (Å²) < 4.78 is 1.95. The standard InChI is InChI=1S/C22H30N6S/c1-14(12-19-15(2)27-28(6)17(19)4)25-22(23-5)24-13-20-16(3)26-21(29-20)18-10-8-7-9-11-18/h7-11,14H,12-13H2,1-6H3,(H2,23,24,25). The van der Waals surface area contributed by atoms with Crippen molar-refractivity contribution in [2.45, 2.75) is 46.7 Å². The van der Waals surface area contributed by atoms with Crippen molar-refractivity contribution >= 4 is 17.3 Å². The fourth-order valence-electron chi connectivity index (χ4n) is 3.36. The normalized spacial score (nSPS) is 12.8. The second-order valence-corrected chi connectivity index (χ2v) is 8.43. The number of aromatic nitrogens is 3. The largest absolute Gasteiger partial charge is 0.354 e. The number of aliphatic imine (C=N–C) groups is 1. The van der Waals surface area contributed by atoms with E-state index in [0.717, 1.165) is 34.3 Å². The van der Waals surface area contributed by atoms with Crippen LogP contribution in [-0.2, 0) is 20.0 Å². The summed E-state index contributed by atoms with van der Waals surface area (Å²) >= 11 is 1.73. The fourth-order valence-corrected chi connectivity index (χ4v) is 4.37. The maximum atomic E-state index is 4.73. The third-order valence-corrected chi connectivity index (χ3v) is 6.31. The van der Waals surface area contributed by atoms with Crippen molar-refractivity contribution in [3.05, 3.63) is 57.9 Å². The lowest BCUT2D eigenvalue weighted by molar-refractivity contribution is 0.635. The molecule has 3 rings (SSSR count). The lowest BCUT2D eigenvalue weighted by atomic mass is 10.1.